The normalized spacial score (nSPS) is 13.8. The maximum atomic E-state index is 12.8. The zero-order valence-corrected chi connectivity index (χ0v) is 15.1. The number of hydrogen-bond acceptors (Lipinski definition) is 4. The standard InChI is InChI=1S/C19H21N5O3/c1-23-17-16(18(26)22-19(23)27)20-14(21-17)9-10-15(25)24(13-7-8-13)11-12-5-3-2-4-6-12/h2-6,13H,7-11H2,1H3,(H,20,21)(H,22,26,27). The minimum atomic E-state index is -0.510. The van der Waals surface area contributed by atoms with Crippen molar-refractivity contribution in [2.24, 2.45) is 7.05 Å². The number of fused-ring (bicyclic) bond motifs is 1. The zero-order chi connectivity index (χ0) is 19.0. The fourth-order valence-electron chi connectivity index (χ4n) is 3.23. The molecule has 0 bridgehead atoms. The molecule has 2 heterocycles. The lowest BCUT2D eigenvalue weighted by Crippen LogP contribution is -2.32. The number of carbonyl (C=O) groups excluding carboxylic acids is 1. The highest BCUT2D eigenvalue weighted by Crippen LogP contribution is 2.29. The van der Waals surface area contributed by atoms with E-state index in [9.17, 15) is 14.4 Å². The molecule has 0 saturated heterocycles. The topological polar surface area (TPSA) is 104 Å². The van der Waals surface area contributed by atoms with E-state index in [1.54, 1.807) is 7.05 Å². The number of H-pyrrole nitrogens is 2. The van der Waals surface area contributed by atoms with E-state index in [4.69, 9.17) is 0 Å². The van der Waals surface area contributed by atoms with Crippen LogP contribution in [0.5, 0.6) is 0 Å². The molecule has 0 radical (unpaired) electrons. The molecule has 1 fully saturated rings. The van der Waals surface area contributed by atoms with Gasteiger partial charge < -0.3 is 9.88 Å². The van der Waals surface area contributed by atoms with E-state index < -0.39 is 11.2 Å². The van der Waals surface area contributed by atoms with E-state index in [1.165, 1.54) is 4.57 Å². The largest absolute Gasteiger partial charge is 0.336 e. The van der Waals surface area contributed by atoms with Gasteiger partial charge in [-0.1, -0.05) is 30.3 Å². The molecule has 0 unspecified atom stereocenters. The quantitative estimate of drug-likeness (QED) is 0.680. The molecule has 1 amide bonds. The Hall–Kier alpha value is -3.16. The monoisotopic (exact) mass is 367 g/mol. The summed E-state index contributed by atoms with van der Waals surface area (Å²) in [5.74, 6) is 0.602. The number of nitrogens with zero attached hydrogens (tertiary/aromatic N) is 3. The van der Waals surface area contributed by atoms with Gasteiger partial charge in [0.2, 0.25) is 5.91 Å². The average Bonchev–Trinajstić information content (AvgIpc) is 3.41. The van der Waals surface area contributed by atoms with Crippen LogP contribution in [0.2, 0.25) is 0 Å². The minimum absolute atomic E-state index is 0.0737. The van der Waals surface area contributed by atoms with Gasteiger partial charge in [-0.25, -0.2) is 9.78 Å². The van der Waals surface area contributed by atoms with Gasteiger partial charge in [-0.3, -0.25) is 19.1 Å². The molecule has 140 valence electrons. The van der Waals surface area contributed by atoms with Crippen LogP contribution in [0.4, 0.5) is 0 Å². The van der Waals surface area contributed by atoms with Crippen molar-refractivity contribution in [3.05, 3.63) is 62.6 Å². The number of amides is 1. The van der Waals surface area contributed by atoms with Crippen LogP contribution >= 0.6 is 0 Å². The number of imidazole rings is 1. The maximum Gasteiger partial charge on any atom is 0.329 e. The predicted molar refractivity (Wildman–Crippen MR) is 100 cm³/mol. The van der Waals surface area contributed by atoms with E-state index in [0.29, 0.717) is 36.9 Å². The molecule has 1 saturated carbocycles. The highest BCUT2D eigenvalue weighted by atomic mass is 16.2. The zero-order valence-electron chi connectivity index (χ0n) is 15.1. The summed E-state index contributed by atoms with van der Waals surface area (Å²) in [6, 6.07) is 10.3. The number of aromatic amines is 2. The number of benzene rings is 1. The maximum absolute atomic E-state index is 12.8. The van der Waals surface area contributed by atoms with E-state index in [2.05, 4.69) is 15.0 Å². The highest BCUT2D eigenvalue weighted by molar-refractivity contribution is 5.77. The second kappa shape index (κ2) is 6.86. The van der Waals surface area contributed by atoms with Crippen LogP contribution in [0.3, 0.4) is 0 Å². The molecule has 8 heteroatoms. The van der Waals surface area contributed by atoms with Crippen LogP contribution < -0.4 is 11.2 Å². The summed E-state index contributed by atoms with van der Waals surface area (Å²) in [5, 5.41) is 0. The Morgan fingerprint density at radius 3 is 2.67 bits per heavy atom. The lowest BCUT2D eigenvalue weighted by atomic mass is 10.2. The van der Waals surface area contributed by atoms with Gasteiger partial charge in [-0.05, 0) is 18.4 Å². The Bertz CT molecular complexity index is 1090. The van der Waals surface area contributed by atoms with Crippen LogP contribution in [0.25, 0.3) is 11.2 Å². The summed E-state index contributed by atoms with van der Waals surface area (Å²) in [7, 11) is 1.55. The number of hydrogen-bond donors (Lipinski definition) is 2. The smallest absolute Gasteiger partial charge is 0.329 e. The second-order valence-corrected chi connectivity index (χ2v) is 6.94. The Morgan fingerprint density at radius 1 is 1.22 bits per heavy atom. The molecule has 2 aromatic heterocycles. The number of rotatable bonds is 6. The lowest BCUT2D eigenvalue weighted by molar-refractivity contribution is -0.132. The second-order valence-electron chi connectivity index (χ2n) is 6.94. The Morgan fingerprint density at radius 2 is 1.96 bits per heavy atom. The molecule has 27 heavy (non-hydrogen) atoms. The Kier molecular flexibility index (Phi) is 4.39. The third-order valence-corrected chi connectivity index (χ3v) is 4.88. The van der Waals surface area contributed by atoms with Crippen LogP contribution in [-0.4, -0.2) is 36.4 Å². The molecular weight excluding hydrogens is 346 g/mol. The molecule has 1 aliphatic carbocycles. The first-order chi connectivity index (χ1) is 13.0. The van der Waals surface area contributed by atoms with Crippen molar-refractivity contribution in [2.45, 2.75) is 38.3 Å². The third-order valence-electron chi connectivity index (χ3n) is 4.88. The van der Waals surface area contributed by atoms with Crippen LogP contribution in [-0.2, 0) is 24.8 Å². The van der Waals surface area contributed by atoms with Crippen molar-refractivity contribution in [2.75, 3.05) is 0 Å². The summed E-state index contributed by atoms with van der Waals surface area (Å²) < 4.78 is 1.28. The molecule has 1 aromatic carbocycles. The van der Waals surface area contributed by atoms with Crippen molar-refractivity contribution >= 4 is 17.1 Å². The summed E-state index contributed by atoms with van der Waals surface area (Å²) >= 11 is 0. The Balaban J connectivity index is 1.49. The molecule has 2 N–H and O–H groups in total. The number of carbonyl (C=O) groups is 1. The molecular formula is C19H21N5O3. The molecule has 0 aliphatic heterocycles. The third kappa shape index (κ3) is 3.55. The first-order valence-electron chi connectivity index (χ1n) is 9.04. The van der Waals surface area contributed by atoms with Crippen LogP contribution in [0.15, 0.2) is 39.9 Å². The number of nitrogens with one attached hydrogen (secondary N) is 2. The first-order valence-corrected chi connectivity index (χ1v) is 9.04. The summed E-state index contributed by atoms with van der Waals surface area (Å²) in [6.45, 7) is 0.610. The van der Waals surface area contributed by atoms with E-state index in [1.807, 2.05) is 35.2 Å². The molecule has 1 aliphatic rings. The van der Waals surface area contributed by atoms with Crippen molar-refractivity contribution in [1.29, 1.82) is 0 Å². The average molecular weight is 367 g/mol. The van der Waals surface area contributed by atoms with Gasteiger partial charge in [0.1, 0.15) is 11.3 Å². The van der Waals surface area contributed by atoms with Gasteiger partial charge >= 0.3 is 5.69 Å². The van der Waals surface area contributed by atoms with Gasteiger partial charge in [0, 0.05) is 32.5 Å². The highest BCUT2D eigenvalue weighted by Gasteiger charge is 2.32. The lowest BCUT2D eigenvalue weighted by Gasteiger charge is -2.22. The summed E-state index contributed by atoms with van der Waals surface area (Å²) in [6.07, 6.45) is 2.77. The molecule has 0 spiro atoms. The fraction of sp³-hybridized carbons (Fsp3) is 0.368. The van der Waals surface area contributed by atoms with Crippen molar-refractivity contribution in [3.63, 3.8) is 0 Å². The summed E-state index contributed by atoms with van der Waals surface area (Å²) in [4.78, 5) is 47.8. The number of aromatic nitrogens is 4. The van der Waals surface area contributed by atoms with E-state index in [-0.39, 0.29) is 11.4 Å². The Labute approximate surface area is 154 Å². The van der Waals surface area contributed by atoms with Gasteiger partial charge in [0.05, 0.1) is 0 Å². The molecule has 0 atom stereocenters. The van der Waals surface area contributed by atoms with Gasteiger partial charge in [-0.15, -0.1) is 0 Å². The molecule has 8 nitrogen and oxygen atoms in total. The van der Waals surface area contributed by atoms with Crippen molar-refractivity contribution in [1.82, 2.24) is 24.4 Å². The first kappa shape index (κ1) is 17.3. The summed E-state index contributed by atoms with van der Waals surface area (Å²) in [5.41, 5.74) is 0.659. The molecule has 4 rings (SSSR count). The van der Waals surface area contributed by atoms with Gasteiger partial charge in [-0.2, -0.15) is 0 Å². The predicted octanol–water partition coefficient (Wildman–Crippen LogP) is 1.07. The van der Waals surface area contributed by atoms with Gasteiger partial charge in [0.25, 0.3) is 5.56 Å². The van der Waals surface area contributed by atoms with Crippen molar-refractivity contribution in [3.8, 4) is 0 Å². The van der Waals surface area contributed by atoms with Crippen molar-refractivity contribution < 1.29 is 4.79 Å². The van der Waals surface area contributed by atoms with Gasteiger partial charge in [0.15, 0.2) is 5.65 Å². The van der Waals surface area contributed by atoms with E-state index in [0.717, 1.165) is 18.4 Å². The fourth-order valence-corrected chi connectivity index (χ4v) is 3.23. The minimum Gasteiger partial charge on any atom is -0.336 e. The van der Waals surface area contributed by atoms with Crippen LogP contribution in [0.1, 0.15) is 30.7 Å². The number of aryl methyl sites for hydroxylation is 2. The van der Waals surface area contributed by atoms with E-state index >= 15 is 0 Å². The SMILES string of the molecule is Cn1c(=O)[nH]c(=O)c2[nH]c(CCC(=O)N(Cc3ccccc3)C3CC3)nc21. The molecule has 3 aromatic rings. The van der Waals surface area contributed by atoms with Crippen LogP contribution in [0, 0.1) is 0 Å².